The number of pyridine rings is 1. The van der Waals surface area contributed by atoms with Gasteiger partial charge in [-0.3, -0.25) is 9.78 Å². The van der Waals surface area contributed by atoms with E-state index in [-0.39, 0.29) is 6.42 Å². The van der Waals surface area contributed by atoms with E-state index in [9.17, 15) is 9.90 Å². The van der Waals surface area contributed by atoms with E-state index >= 15 is 0 Å². The number of carbonyl (C=O) groups is 1. The number of benzene rings is 1. The summed E-state index contributed by atoms with van der Waals surface area (Å²) in [7, 11) is 0. The predicted molar refractivity (Wildman–Crippen MR) is 82.5 cm³/mol. The molecule has 1 atom stereocenters. The molecule has 0 spiro atoms. The molecule has 2 rings (SSSR count). The Labute approximate surface area is 134 Å². The van der Waals surface area contributed by atoms with Gasteiger partial charge >= 0.3 is 5.97 Å². The molecule has 0 fully saturated rings. The molecule has 6 heteroatoms. The van der Waals surface area contributed by atoms with E-state index in [4.69, 9.17) is 23.2 Å². The molecule has 1 unspecified atom stereocenters. The molecule has 0 saturated carbocycles. The van der Waals surface area contributed by atoms with Crippen LogP contribution in [-0.4, -0.2) is 16.1 Å². The van der Waals surface area contributed by atoms with Gasteiger partial charge in [0.15, 0.2) is 0 Å². The predicted octanol–water partition coefficient (Wildman–Crippen LogP) is 4.56. The Morgan fingerprint density at radius 1 is 1.30 bits per heavy atom. The van der Waals surface area contributed by atoms with Crippen LogP contribution in [0.15, 0.2) is 41.0 Å². The zero-order chi connectivity index (χ0) is 14.7. The Kier molecular flexibility index (Phi) is 5.02. The van der Waals surface area contributed by atoms with Gasteiger partial charge in [-0.2, -0.15) is 0 Å². The molecule has 1 heterocycles. The molecule has 1 aromatic carbocycles. The molecule has 20 heavy (non-hydrogen) atoms. The summed E-state index contributed by atoms with van der Waals surface area (Å²) in [4.78, 5) is 15.6. The van der Waals surface area contributed by atoms with Crippen molar-refractivity contribution >= 4 is 45.1 Å². The lowest BCUT2D eigenvalue weighted by atomic mass is 9.95. The summed E-state index contributed by atoms with van der Waals surface area (Å²) in [5, 5.41) is 10.3. The molecule has 0 bridgehead atoms. The minimum absolute atomic E-state index is 0.239. The van der Waals surface area contributed by atoms with Crippen LogP contribution < -0.4 is 0 Å². The van der Waals surface area contributed by atoms with Crippen molar-refractivity contribution in [1.29, 1.82) is 0 Å². The fraction of sp³-hybridized carbons (Fsp3) is 0.143. The first kappa shape index (κ1) is 15.3. The van der Waals surface area contributed by atoms with Crippen LogP contribution in [0.4, 0.5) is 0 Å². The van der Waals surface area contributed by atoms with Gasteiger partial charge in [0.05, 0.1) is 10.7 Å². The maximum absolute atomic E-state index is 11.5. The lowest BCUT2D eigenvalue weighted by molar-refractivity contribution is -0.138. The van der Waals surface area contributed by atoms with E-state index in [1.54, 1.807) is 24.3 Å². The lowest BCUT2D eigenvalue weighted by Crippen LogP contribution is -2.16. The van der Waals surface area contributed by atoms with Crippen LogP contribution in [0.2, 0.25) is 10.0 Å². The molecule has 104 valence electrons. The quantitative estimate of drug-likeness (QED) is 0.853. The highest BCUT2D eigenvalue weighted by atomic mass is 79.9. The molecule has 0 saturated heterocycles. The highest BCUT2D eigenvalue weighted by Gasteiger charge is 2.25. The summed E-state index contributed by atoms with van der Waals surface area (Å²) in [5.41, 5.74) is 1.09. The Bertz CT molecular complexity index is 649. The van der Waals surface area contributed by atoms with Crippen LogP contribution >= 0.6 is 39.1 Å². The Morgan fingerprint density at radius 3 is 2.60 bits per heavy atom. The fourth-order valence-electron chi connectivity index (χ4n) is 1.87. The summed E-state index contributed by atoms with van der Waals surface area (Å²) in [6, 6.07) is 8.77. The molecular weight excluding hydrogens is 365 g/mol. The Morgan fingerprint density at radius 2 is 2.00 bits per heavy atom. The first-order chi connectivity index (χ1) is 9.49. The number of carboxylic acids is 1. The highest BCUT2D eigenvalue weighted by Crippen LogP contribution is 2.30. The van der Waals surface area contributed by atoms with Crippen molar-refractivity contribution in [3.8, 4) is 0 Å². The van der Waals surface area contributed by atoms with Crippen molar-refractivity contribution in [1.82, 2.24) is 4.98 Å². The average molecular weight is 375 g/mol. The lowest BCUT2D eigenvalue weighted by Gasteiger charge is -2.14. The summed E-state index contributed by atoms with van der Waals surface area (Å²) >= 11 is 15.4. The number of aromatic nitrogens is 1. The Hall–Kier alpha value is -1.10. The van der Waals surface area contributed by atoms with Gasteiger partial charge in [0.2, 0.25) is 0 Å². The molecule has 0 radical (unpaired) electrons. The van der Waals surface area contributed by atoms with Crippen molar-refractivity contribution in [2.75, 3.05) is 0 Å². The maximum Gasteiger partial charge on any atom is 0.312 e. The number of rotatable bonds is 4. The first-order valence-electron chi connectivity index (χ1n) is 5.76. The number of carboxylic acid groups (broad SMARTS) is 1. The molecule has 0 aliphatic carbocycles. The van der Waals surface area contributed by atoms with Crippen LogP contribution in [0, 0.1) is 0 Å². The van der Waals surface area contributed by atoms with Crippen LogP contribution in [0.25, 0.3) is 0 Å². The maximum atomic E-state index is 11.5. The van der Waals surface area contributed by atoms with Gasteiger partial charge in [0.1, 0.15) is 5.92 Å². The van der Waals surface area contributed by atoms with Crippen LogP contribution in [-0.2, 0) is 11.2 Å². The standard InChI is InChI=1S/C14H10BrCl2NO2/c15-9-6-12(17)13(18-7-9)10(14(19)20)5-8-3-1-2-4-11(8)16/h1-4,6-7,10H,5H2,(H,19,20). The first-order valence-corrected chi connectivity index (χ1v) is 7.31. The van der Waals surface area contributed by atoms with E-state index < -0.39 is 11.9 Å². The third-order valence-corrected chi connectivity index (χ3v) is 3.95. The minimum Gasteiger partial charge on any atom is -0.481 e. The number of nitrogens with zero attached hydrogens (tertiary/aromatic N) is 1. The van der Waals surface area contributed by atoms with Gasteiger partial charge in [-0.25, -0.2) is 0 Å². The molecule has 0 aliphatic rings. The fourth-order valence-corrected chi connectivity index (χ4v) is 2.84. The van der Waals surface area contributed by atoms with Gasteiger partial charge in [-0.15, -0.1) is 0 Å². The van der Waals surface area contributed by atoms with E-state index in [1.807, 2.05) is 6.07 Å². The monoisotopic (exact) mass is 373 g/mol. The normalized spacial score (nSPS) is 12.2. The van der Waals surface area contributed by atoms with Crippen LogP contribution in [0.1, 0.15) is 17.2 Å². The van der Waals surface area contributed by atoms with Crippen molar-refractivity contribution in [2.45, 2.75) is 12.3 Å². The molecule has 3 nitrogen and oxygen atoms in total. The zero-order valence-corrected chi connectivity index (χ0v) is 13.3. The van der Waals surface area contributed by atoms with E-state index in [1.165, 1.54) is 6.20 Å². The second kappa shape index (κ2) is 6.57. The van der Waals surface area contributed by atoms with E-state index in [0.29, 0.717) is 20.2 Å². The third-order valence-electron chi connectivity index (χ3n) is 2.85. The number of halogens is 3. The molecule has 1 aromatic heterocycles. The van der Waals surface area contributed by atoms with E-state index in [2.05, 4.69) is 20.9 Å². The van der Waals surface area contributed by atoms with Gasteiger partial charge < -0.3 is 5.11 Å². The summed E-state index contributed by atoms with van der Waals surface area (Å²) in [6.45, 7) is 0. The molecule has 0 aliphatic heterocycles. The topological polar surface area (TPSA) is 50.2 Å². The summed E-state index contributed by atoms with van der Waals surface area (Å²) in [6.07, 6.45) is 1.77. The van der Waals surface area contributed by atoms with E-state index in [0.717, 1.165) is 5.56 Å². The third kappa shape index (κ3) is 3.51. The summed E-state index contributed by atoms with van der Waals surface area (Å²) in [5.74, 6) is -1.82. The van der Waals surface area contributed by atoms with Gasteiger partial charge in [0.25, 0.3) is 0 Å². The second-order valence-corrected chi connectivity index (χ2v) is 5.94. The van der Waals surface area contributed by atoms with Gasteiger partial charge in [-0.1, -0.05) is 41.4 Å². The molecule has 2 aromatic rings. The smallest absolute Gasteiger partial charge is 0.312 e. The second-order valence-electron chi connectivity index (χ2n) is 4.21. The largest absolute Gasteiger partial charge is 0.481 e. The SMILES string of the molecule is O=C(O)C(Cc1ccccc1Cl)c1ncc(Br)cc1Cl. The molecule has 1 N–H and O–H groups in total. The number of hydrogen-bond acceptors (Lipinski definition) is 2. The van der Waals surface area contributed by atoms with Crippen molar-refractivity contribution < 1.29 is 9.90 Å². The van der Waals surface area contributed by atoms with Gasteiger partial charge in [0, 0.05) is 15.7 Å². The van der Waals surface area contributed by atoms with Crippen LogP contribution in [0.3, 0.4) is 0 Å². The van der Waals surface area contributed by atoms with Crippen molar-refractivity contribution in [3.63, 3.8) is 0 Å². The van der Waals surface area contributed by atoms with Crippen molar-refractivity contribution in [2.24, 2.45) is 0 Å². The van der Waals surface area contributed by atoms with Gasteiger partial charge in [-0.05, 0) is 40.0 Å². The molecule has 0 amide bonds. The minimum atomic E-state index is -0.985. The Balaban J connectivity index is 2.37. The zero-order valence-electron chi connectivity index (χ0n) is 10.2. The average Bonchev–Trinajstić information content (AvgIpc) is 2.38. The number of aliphatic carboxylic acids is 1. The highest BCUT2D eigenvalue weighted by molar-refractivity contribution is 9.10. The molecular formula is C14H10BrCl2NO2. The summed E-state index contributed by atoms with van der Waals surface area (Å²) < 4.78 is 0.702. The van der Waals surface area contributed by atoms with Crippen LogP contribution in [0.5, 0.6) is 0 Å². The van der Waals surface area contributed by atoms with Crippen molar-refractivity contribution in [3.05, 3.63) is 62.3 Å². The number of hydrogen-bond donors (Lipinski definition) is 1.